The zero-order valence-electron chi connectivity index (χ0n) is 10.0. The normalized spacial score (nSPS) is 12.5. The van der Waals surface area contributed by atoms with Crippen molar-refractivity contribution < 1.29 is 9.13 Å². The molecule has 1 unspecified atom stereocenters. The summed E-state index contributed by atoms with van der Waals surface area (Å²) in [5.41, 5.74) is 6.67. The molecule has 1 aromatic rings. The van der Waals surface area contributed by atoms with Crippen molar-refractivity contribution in [3.05, 3.63) is 24.0 Å². The Kier molecular flexibility index (Phi) is 4.55. The standard InChI is InChI=1S/C12H19FN2O/c1-4-15(9(2)8-16-3)11-7-5-6-10(13)12(11)14/h5-7,9H,4,8,14H2,1-3H3. The summed E-state index contributed by atoms with van der Waals surface area (Å²) in [6.45, 7) is 5.38. The van der Waals surface area contributed by atoms with Crippen LogP contribution in [-0.4, -0.2) is 26.3 Å². The predicted molar refractivity (Wildman–Crippen MR) is 65.2 cm³/mol. The van der Waals surface area contributed by atoms with Crippen LogP contribution in [0.4, 0.5) is 15.8 Å². The number of halogens is 1. The number of likely N-dealkylation sites (N-methyl/N-ethyl adjacent to an activating group) is 1. The van der Waals surface area contributed by atoms with Crippen molar-refractivity contribution in [1.29, 1.82) is 0 Å². The van der Waals surface area contributed by atoms with Crippen LogP contribution in [0.5, 0.6) is 0 Å². The Morgan fingerprint density at radius 2 is 2.19 bits per heavy atom. The molecule has 0 spiro atoms. The van der Waals surface area contributed by atoms with Crippen LogP contribution in [0, 0.1) is 5.82 Å². The Bertz CT molecular complexity index is 344. The number of hydrogen-bond donors (Lipinski definition) is 1. The largest absolute Gasteiger partial charge is 0.395 e. The molecule has 0 aromatic heterocycles. The fraction of sp³-hybridized carbons (Fsp3) is 0.500. The minimum atomic E-state index is -0.374. The van der Waals surface area contributed by atoms with Crippen LogP contribution in [0.1, 0.15) is 13.8 Å². The van der Waals surface area contributed by atoms with Crippen molar-refractivity contribution in [2.45, 2.75) is 19.9 Å². The highest BCUT2D eigenvalue weighted by Gasteiger charge is 2.16. The molecule has 0 amide bonds. The van der Waals surface area contributed by atoms with E-state index in [2.05, 4.69) is 0 Å². The molecular formula is C12H19FN2O. The molecule has 1 atom stereocenters. The number of nitrogen functional groups attached to an aromatic ring is 1. The second-order valence-electron chi connectivity index (χ2n) is 3.76. The van der Waals surface area contributed by atoms with Gasteiger partial charge in [-0.2, -0.15) is 0 Å². The van der Waals surface area contributed by atoms with Crippen LogP contribution < -0.4 is 10.6 Å². The number of rotatable bonds is 5. The molecule has 1 rings (SSSR count). The molecule has 0 bridgehead atoms. The van der Waals surface area contributed by atoms with Crippen molar-refractivity contribution >= 4 is 11.4 Å². The van der Waals surface area contributed by atoms with Gasteiger partial charge in [0.15, 0.2) is 0 Å². The number of nitrogens with zero attached hydrogens (tertiary/aromatic N) is 1. The van der Waals surface area contributed by atoms with Crippen molar-refractivity contribution in [3.8, 4) is 0 Å². The van der Waals surface area contributed by atoms with Gasteiger partial charge in [-0.25, -0.2) is 4.39 Å². The fourth-order valence-corrected chi connectivity index (χ4v) is 1.83. The first-order valence-electron chi connectivity index (χ1n) is 5.41. The summed E-state index contributed by atoms with van der Waals surface area (Å²) in [5.74, 6) is -0.374. The van der Waals surface area contributed by atoms with E-state index in [9.17, 15) is 4.39 Å². The number of nitrogens with two attached hydrogens (primary N) is 1. The second-order valence-corrected chi connectivity index (χ2v) is 3.76. The lowest BCUT2D eigenvalue weighted by atomic mass is 10.2. The molecule has 2 N–H and O–H groups in total. The molecular weight excluding hydrogens is 207 g/mol. The third-order valence-corrected chi connectivity index (χ3v) is 2.62. The maximum absolute atomic E-state index is 13.3. The van der Waals surface area contributed by atoms with Crippen molar-refractivity contribution in [3.63, 3.8) is 0 Å². The summed E-state index contributed by atoms with van der Waals surface area (Å²) in [7, 11) is 1.65. The molecule has 0 heterocycles. The van der Waals surface area contributed by atoms with Gasteiger partial charge in [0.1, 0.15) is 5.82 Å². The lowest BCUT2D eigenvalue weighted by Crippen LogP contribution is -2.36. The van der Waals surface area contributed by atoms with E-state index in [4.69, 9.17) is 10.5 Å². The van der Waals surface area contributed by atoms with Crippen LogP contribution in [0.15, 0.2) is 18.2 Å². The summed E-state index contributed by atoms with van der Waals surface area (Å²) < 4.78 is 18.4. The quantitative estimate of drug-likeness (QED) is 0.783. The first kappa shape index (κ1) is 12.8. The average Bonchev–Trinajstić information content (AvgIpc) is 2.25. The van der Waals surface area contributed by atoms with Crippen LogP contribution in [-0.2, 0) is 4.74 Å². The smallest absolute Gasteiger partial charge is 0.148 e. The van der Waals surface area contributed by atoms with Gasteiger partial charge >= 0.3 is 0 Å². The molecule has 1 aromatic carbocycles. The summed E-state index contributed by atoms with van der Waals surface area (Å²) in [4.78, 5) is 2.03. The van der Waals surface area contributed by atoms with Gasteiger partial charge in [0, 0.05) is 19.7 Å². The van der Waals surface area contributed by atoms with E-state index >= 15 is 0 Å². The molecule has 0 aliphatic heterocycles. The molecule has 0 saturated carbocycles. The van der Waals surface area contributed by atoms with Gasteiger partial charge in [-0.05, 0) is 26.0 Å². The number of hydrogen-bond acceptors (Lipinski definition) is 3. The summed E-state index contributed by atoms with van der Waals surface area (Å²) in [6.07, 6.45) is 0. The zero-order chi connectivity index (χ0) is 12.1. The van der Waals surface area contributed by atoms with Gasteiger partial charge < -0.3 is 15.4 Å². The number of methoxy groups -OCH3 is 1. The molecule has 0 aliphatic carbocycles. The van der Waals surface area contributed by atoms with Crippen molar-refractivity contribution in [2.24, 2.45) is 0 Å². The molecule has 16 heavy (non-hydrogen) atoms. The Balaban J connectivity index is 2.99. The van der Waals surface area contributed by atoms with Gasteiger partial charge in [0.05, 0.1) is 18.0 Å². The first-order chi connectivity index (χ1) is 7.61. The van der Waals surface area contributed by atoms with Gasteiger partial charge in [0.2, 0.25) is 0 Å². The van der Waals surface area contributed by atoms with E-state index in [0.717, 1.165) is 12.2 Å². The van der Waals surface area contributed by atoms with Crippen LogP contribution in [0.25, 0.3) is 0 Å². The van der Waals surface area contributed by atoms with Gasteiger partial charge in [-0.3, -0.25) is 0 Å². The molecule has 0 saturated heterocycles. The molecule has 90 valence electrons. The molecule has 3 nitrogen and oxygen atoms in total. The number of ether oxygens (including phenoxy) is 1. The topological polar surface area (TPSA) is 38.5 Å². The van der Waals surface area contributed by atoms with Crippen LogP contribution in [0.3, 0.4) is 0 Å². The molecule has 4 heteroatoms. The maximum atomic E-state index is 13.3. The highest BCUT2D eigenvalue weighted by Crippen LogP contribution is 2.26. The Labute approximate surface area is 96.0 Å². The zero-order valence-corrected chi connectivity index (χ0v) is 10.0. The summed E-state index contributed by atoms with van der Waals surface area (Å²) in [5, 5.41) is 0. The number of anilines is 2. The Morgan fingerprint density at radius 3 is 2.75 bits per heavy atom. The van der Waals surface area contributed by atoms with Crippen LogP contribution in [0.2, 0.25) is 0 Å². The first-order valence-corrected chi connectivity index (χ1v) is 5.41. The van der Waals surface area contributed by atoms with E-state index in [0.29, 0.717) is 6.61 Å². The van der Waals surface area contributed by atoms with Crippen molar-refractivity contribution in [2.75, 3.05) is 30.9 Å². The third kappa shape index (κ3) is 2.64. The average molecular weight is 226 g/mol. The highest BCUT2D eigenvalue weighted by atomic mass is 19.1. The van der Waals surface area contributed by atoms with E-state index in [1.165, 1.54) is 6.07 Å². The van der Waals surface area contributed by atoms with E-state index in [-0.39, 0.29) is 17.5 Å². The van der Waals surface area contributed by atoms with E-state index in [1.54, 1.807) is 13.2 Å². The molecule has 0 fully saturated rings. The van der Waals surface area contributed by atoms with E-state index < -0.39 is 0 Å². The highest BCUT2D eigenvalue weighted by molar-refractivity contribution is 5.68. The fourth-order valence-electron chi connectivity index (χ4n) is 1.83. The lowest BCUT2D eigenvalue weighted by Gasteiger charge is -2.30. The SMILES string of the molecule is CCN(c1cccc(F)c1N)C(C)COC. The van der Waals surface area contributed by atoms with Gasteiger partial charge in [-0.15, -0.1) is 0 Å². The third-order valence-electron chi connectivity index (χ3n) is 2.62. The second kappa shape index (κ2) is 5.70. The Hall–Kier alpha value is -1.29. The number of benzene rings is 1. The lowest BCUT2D eigenvalue weighted by molar-refractivity contribution is 0.182. The maximum Gasteiger partial charge on any atom is 0.148 e. The summed E-state index contributed by atoms with van der Waals surface area (Å²) >= 11 is 0. The van der Waals surface area contributed by atoms with Crippen molar-refractivity contribution in [1.82, 2.24) is 0 Å². The minimum absolute atomic E-state index is 0.166. The number of para-hydroxylation sites is 1. The van der Waals surface area contributed by atoms with Gasteiger partial charge in [0.25, 0.3) is 0 Å². The molecule has 0 aliphatic rings. The molecule has 0 radical (unpaired) electrons. The predicted octanol–water partition coefficient (Wildman–Crippen LogP) is 2.27. The van der Waals surface area contributed by atoms with Crippen LogP contribution >= 0.6 is 0 Å². The minimum Gasteiger partial charge on any atom is -0.395 e. The van der Waals surface area contributed by atoms with Gasteiger partial charge in [-0.1, -0.05) is 6.07 Å². The Morgan fingerprint density at radius 1 is 1.50 bits per heavy atom. The summed E-state index contributed by atoms with van der Waals surface area (Å²) in [6, 6.07) is 5.03. The monoisotopic (exact) mass is 226 g/mol. The van der Waals surface area contributed by atoms with E-state index in [1.807, 2.05) is 24.8 Å².